The van der Waals surface area contributed by atoms with Crippen LogP contribution in [-0.4, -0.2) is 49.6 Å². The van der Waals surface area contributed by atoms with Crippen molar-refractivity contribution in [3.8, 4) is 0 Å². The highest BCUT2D eigenvalue weighted by Crippen LogP contribution is 2.06. The van der Waals surface area contributed by atoms with Gasteiger partial charge in [0.1, 0.15) is 0 Å². The third-order valence-corrected chi connectivity index (χ3v) is 3.75. The van der Waals surface area contributed by atoms with Gasteiger partial charge in [-0.2, -0.15) is 0 Å². The summed E-state index contributed by atoms with van der Waals surface area (Å²) in [7, 11) is 2.15. The molecule has 0 spiro atoms. The Morgan fingerprint density at radius 2 is 2.17 bits per heavy atom. The second-order valence-corrected chi connectivity index (χ2v) is 5.57. The summed E-state index contributed by atoms with van der Waals surface area (Å²) >= 11 is 0. The maximum atomic E-state index is 11.8. The Balaban J connectivity index is 2.01. The number of unbranched alkanes of at least 4 members (excludes halogenated alkanes) is 1. The average Bonchev–Trinajstić information content (AvgIpc) is 2.38. The second-order valence-electron chi connectivity index (χ2n) is 5.57. The van der Waals surface area contributed by atoms with E-state index in [0.717, 1.165) is 38.9 Å². The Bertz CT molecular complexity index is 237. The van der Waals surface area contributed by atoms with Crippen LogP contribution in [-0.2, 0) is 4.79 Å². The van der Waals surface area contributed by atoms with E-state index in [2.05, 4.69) is 36.4 Å². The lowest BCUT2D eigenvalue weighted by molar-refractivity contribution is -0.123. The first-order valence-corrected chi connectivity index (χ1v) is 7.32. The number of rotatable bonds is 7. The molecule has 0 radical (unpaired) electrons. The molecule has 0 aromatic rings. The van der Waals surface area contributed by atoms with Gasteiger partial charge in [0.25, 0.3) is 0 Å². The normalized spacial score (nSPS) is 20.4. The molecule has 0 aromatic carbocycles. The van der Waals surface area contributed by atoms with Gasteiger partial charge in [-0.1, -0.05) is 6.42 Å². The zero-order valence-corrected chi connectivity index (χ0v) is 12.2. The molecule has 1 aliphatic heterocycles. The van der Waals surface area contributed by atoms with Crippen LogP contribution < -0.4 is 10.6 Å². The van der Waals surface area contributed by atoms with Crippen molar-refractivity contribution in [1.29, 1.82) is 0 Å². The fourth-order valence-electron chi connectivity index (χ4n) is 2.15. The van der Waals surface area contributed by atoms with Gasteiger partial charge in [0.05, 0.1) is 6.04 Å². The molecule has 1 rings (SSSR count). The van der Waals surface area contributed by atoms with Crippen LogP contribution >= 0.6 is 0 Å². The van der Waals surface area contributed by atoms with Crippen molar-refractivity contribution in [3.05, 3.63) is 0 Å². The molecule has 1 heterocycles. The lowest BCUT2D eigenvalue weighted by atomic mass is 10.0. The van der Waals surface area contributed by atoms with E-state index in [1.165, 1.54) is 12.8 Å². The first-order valence-electron chi connectivity index (χ1n) is 7.32. The average molecular weight is 255 g/mol. The van der Waals surface area contributed by atoms with Crippen molar-refractivity contribution < 1.29 is 4.79 Å². The Kier molecular flexibility index (Phi) is 7.28. The molecule has 0 saturated carbocycles. The van der Waals surface area contributed by atoms with Crippen LogP contribution in [0.15, 0.2) is 0 Å². The van der Waals surface area contributed by atoms with Crippen LogP contribution in [0, 0.1) is 0 Å². The summed E-state index contributed by atoms with van der Waals surface area (Å²) in [6.45, 7) is 7.31. The number of nitrogens with one attached hydrogen (secondary N) is 2. The number of nitrogens with zero attached hydrogens (tertiary/aromatic N) is 1. The Morgan fingerprint density at radius 3 is 2.78 bits per heavy atom. The monoisotopic (exact) mass is 255 g/mol. The molecule has 1 aliphatic rings. The molecule has 0 aliphatic carbocycles. The van der Waals surface area contributed by atoms with E-state index in [4.69, 9.17) is 0 Å². The minimum absolute atomic E-state index is 0.0529. The predicted molar refractivity (Wildman–Crippen MR) is 75.7 cm³/mol. The summed E-state index contributed by atoms with van der Waals surface area (Å²) < 4.78 is 0. The summed E-state index contributed by atoms with van der Waals surface area (Å²) in [6.07, 6.45) is 5.57. The number of amides is 1. The van der Waals surface area contributed by atoms with Crippen molar-refractivity contribution in [2.24, 2.45) is 0 Å². The zero-order chi connectivity index (χ0) is 13.4. The standard InChI is InChI=1S/C14H29N3O/c1-12(2)17(3)11-7-6-10-16-14(18)13-8-4-5-9-15-13/h12-13,15H,4-11H2,1-3H3,(H,16,18). The summed E-state index contributed by atoms with van der Waals surface area (Å²) in [4.78, 5) is 14.2. The van der Waals surface area contributed by atoms with E-state index in [1.54, 1.807) is 0 Å². The van der Waals surface area contributed by atoms with Gasteiger partial charge in [0.15, 0.2) is 0 Å². The first kappa shape index (κ1) is 15.4. The first-order chi connectivity index (χ1) is 8.61. The van der Waals surface area contributed by atoms with Gasteiger partial charge in [-0.05, 0) is 59.7 Å². The topological polar surface area (TPSA) is 44.4 Å². The van der Waals surface area contributed by atoms with E-state index < -0.39 is 0 Å². The Labute approximate surface area is 111 Å². The van der Waals surface area contributed by atoms with E-state index in [-0.39, 0.29) is 11.9 Å². The zero-order valence-electron chi connectivity index (χ0n) is 12.2. The second kappa shape index (κ2) is 8.48. The van der Waals surface area contributed by atoms with Crippen LogP contribution in [0.4, 0.5) is 0 Å². The molecule has 2 N–H and O–H groups in total. The SMILES string of the molecule is CC(C)N(C)CCCCNC(=O)C1CCCCN1. The third-order valence-electron chi connectivity index (χ3n) is 3.75. The van der Waals surface area contributed by atoms with Crippen molar-refractivity contribution in [3.63, 3.8) is 0 Å². The van der Waals surface area contributed by atoms with Gasteiger partial charge < -0.3 is 15.5 Å². The largest absolute Gasteiger partial charge is 0.355 e. The minimum Gasteiger partial charge on any atom is -0.355 e. The predicted octanol–water partition coefficient (Wildman–Crippen LogP) is 1.37. The molecule has 106 valence electrons. The summed E-state index contributed by atoms with van der Waals surface area (Å²) in [5.41, 5.74) is 0. The molecule has 18 heavy (non-hydrogen) atoms. The highest BCUT2D eigenvalue weighted by molar-refractivity contribution is 5.81. The van der Waals surface area contributed by atoms with Crippen molar-refractivity contribution in [2.75, 3.05) is 26.7 Å². The lowest BCUT2D eigenvalue weighted by Crippen LogP contribution is -2.46. The summed E-state index contributed by atoms with van der Waals surface area (Å²) in [5.74, 6) is 0.187. The lowest BCUT2D eigenvalue weighted by Gasteiger charge is -2.23. The molecule has 1 saturated heterocycles. The fourth-order valence-corrected chi connectivity index (χ4v) is 2.15. The van der Waals surface area contributed by atoms with Gasteiger partial charge in [-0.25, -0.2) is 0 Å². The third kappa shape index (κ3) is 5.83. The number of hydrogen-bond donors (Lipinski definition) is 2. The highest BCUT2D eigenvalue weighted by atomic mass is 16.2. The molecule has 1 amide bonds. The highest BCUT2D eigenvalue weighted by Gasteiger charge is 2.19. The molecule has 1 fully saturated rings. The van der Waals surface area contributed by atoms with Crippen molar-refractivity contribution in [2.45, 2.75) is 58.0 Å². The van der Waals surface area contributed by atoms with E-state index >= 15 is 0 Å². The van der Waals surface area contributed by atoms with Crippen LogP contribution in [0.5, 0.6) is 0 Å². The Morgan fingerprint density at radius 1 is 1.39 bits per heavy atom. The maximum Gasteiger partial charge on any atom is 0.237 e. The molecule has 1 atom stereocenters. The van der Waals surface area contributed by atoms with Crippen molar-refractivity contribution in [1.82, 2.24) is 15.5 Å². The fraction of sp³-hybridized carbons (Fsp3) is 0.929. The molecule has 4 nitrogen and oxygen atoms in total. The number of carbonyl (C=O) groups excluding carboxylic acids is 1. The van der Waals surface area contributed by atoms with Crippen LogP contribution in [0.25, 0.3) is 0 Å². The smallest absolute Gasteiger partial charge is 0.237 e. The quantitative estimate of drug-likeness (QED) is 0.675. The Hall–Kier alpha value is -0.610. The summed E-state index contributed by atoms with van der Waals surface area (Å²) in [5, 5.41) is 6.31. The van der Waals surface area contributed by atoms with E-state index in [9.17, 15) is 4.79 Å². The molecular weight excluding hydrogens is 226 g/mol. The maximum absolute atomic E-state index is 11.8. The van der Waals surface area contributed by atoms with Crippen LogP contribution in [0.1, 0.15) is 46.0 Å². The molecule has 1 unspecified atom stereocenters. The minimum atomic E-state index is 0.0529. The van der Waals surface area contributed by atoms with E-state index in [1.807, 2.05) is 0 Å². The number of piperidine rings is 1. The van der Waals surface area contributed by atoms with E-state index in [0.29, 0.717) is 6.04 Å². The van der Waals surface area contributed by atoms with Gasteiger partial charge in [0.2, 0.25) is 5.91 Å². The van der Waals surface area contributed by atoms with Gasteiger partial charge in [-0.15, -0.1) is 0 Å². The molecule has 0 bridgehead atoms. The van der Waals surface area contributed by atoms with Gasteiger partial charge in [0, 0.05) is 12.6 Å². The number of hydrogen-bond acceptors (Lipinski definition) is 3. The number of carbonyl (C=O) groups is 1. The van der Waals surface area contributed by atoms with Crippen LogP contribution in [0.2, 0.25) is 0 Å². The molecule has 0 aromatic heterocycles. The molecule has 4 heteroatoms. The molecular formula is C14H29N3O. The van der Waals surface area contributed by atoms with Gasteiger partial charge in [-0.3, -0.25) is 4.79 Å². The van der Waals surface area contributed by atoms with Crippen molar-refractivity contribution >= 4 is 5.91 Å². The van der Waals surface area contributed by atoms with Crippen LogP contribution in [0.3, 0.4) is 0 Å². The van der Waals surface area contributed by atoms with Gasteiger partial charge >= 0.3 is 0 Å². The summed E-state index contributed by atoms with van der Waals surface area (Å²) in [6, 6.07) is 0.656.